The number of hydrogen-bond acceptors (Lipinski definition) is 7. The zero-order valence-corrected chi connectivity index (χ0v) is 22.2. The van der Waals surface area contributed by atoms with Gasteiger partial charge in [0, 0.05) is 28.9 Å². The predicted octanol–water partition coefficient (Wildman–Crippen LogP) is 1.21. The second-order valence-corrected chi connectivity index (χ2v) is 11.9. The number of aliphatic hydroxyl groups is 1. The Hall–Kier alpha value is -2.44. The number of nitrogens with two attached hydrogens (primary N) is 1. The van der Waals surface area contributed by atoms with Crippen molar-refractivity contribution in [1.29, 1.82) is 0 Å². The van der Waals surface area contributed by atoms with Crippen LogP contribution >= 0.6 is 22.9 Å². The van der Waals surface area contributed by atoms with Gasteiger partial charge in [0.1, 0.15) is 24.2 Å². The average molecular weight is 624 g/mol. The van der Waals surface area contributed by atoms with E-state index in [2.05, 4.69) is 32.9 Å². The number of halogens is 2. The molecule has 4 N–H and O–H groups in total. The Morgan fingerprint density at radius 3 is 2.71 bits per heavy atom. The molecule has 2 aromatic heterocycles. The number of amides is 1. The lowest BCUT2D eigenvalue weighted by atomic mass is 10.1. The first kappa shape index (κ1) is 25.6. The van der Waals surface area contributed by atoms with E-state index in [1.807, 2.05) is 53.9 Å². The highest BCUT2D eigenvalue weighted by Crippen LogP contribution is 2.29. The minimum atomic E-state index is -0.791. The number of aliphatic hydroxyl groups excluding tert-OH is 1. The molecule has 2 atom stereocenters. The summed E-state index contributed by atoms with van der Waals surface area (Å²) in [5.41, 5.74) is 6.52. The number of thiophene rings is 1. The third-order valence-electron chi connectivity index (χ3n) is 5.08. The molecule has 4 rings (SSSR count). The molecule has 4 aromatic rings. The molecule has 0 saturated heterocycles. The number of fused-ring (bicyclic) bond motifs is 1. The maximum atomic E-state index is 11.1. The number of ether oxygens (including phenoxy) is 2. The molecule has 0 aliphatic heterocycles. The molecule has 10 heteroatoms. The Bertz CT molecular complexity index is 1280. The van der Waals surface area contributed by atoms with Gasteiger partial charge in [-0.05, 0) is 56.8 Å². The number of hydrogen-bond donors (Lipinski definition) is 3. The average Bonchev–Trinajstić information content (AvgIpc) is 3.32. The third-order valence-corrected chi connectivity index (χ3v) is 6.99. The molecular formula is C25H23ClIN3O4S-. The van der Waals surface area contributed by atoms with Crippen LogP contribution in [-0.4, -0.2) is 38.3 Å². The second-order valence-electron chi connectivity index (χ2n) is 7.81. The summed E-state index contributed by atoms with van der Waals surface area (Å²) in [5.74, 6) is 1.18. The van der Waals surface area contributed by atoms with Gasteiger partial charge in [-0.15, -0.1) is 22.9 Å². The lowest BCUT2D eigenvalue weighted by Gasteiger charge is -2.36. The van der Waals surface area contributed by atoms with Crippen LogP contribution in [0.25, 0.3) is 10.1 Å². The molecule has 1 radical (unpaired) electrons. The van der Waals surface area contributed by atoms with Crippen molar-refractivity contribution in [3.63, 3.8) is 0 Å². The van der Waals surface area contributed by atoms with E-state index in [0.717, 1.165) is 21.4 Å². The van der Waals surface area contributed by atoms with Crippen molar-refractivity contribution in [2.45, 2.75) is 15.5 Å². The maximum Gasteiger partial charge on any atom is 0.250 e. The van der Waals surface area contributed by atoms with E-state index in [1.54, 1.807) is 23.5 Å². The van der Waals surface area contributed by atoms with E-state index in [-0.39, 0.29) is 13.2 Å². The quantitative estimate of drug-likeness (QED) is 0.132. The molecule has 1 amide bonds. The molecule has 2 aromatic carbocycles. The number of carbonyl (C=O) groups excluding carboxylic acids is 1. The molecule has 0 aliphatic carbocycles. The summed E-state index contributed by atoms with van der Waals surface area (Å²) in [6.45, 7) is 0.437. The number of primary amides is 1. The van der Waals surface area contributed by atoms with Gasteiger partial charge in [0.05, 0.1) is 5.56 Å². The molecule has 183 valence electrons. The standard InChI is InChI=1S/C25H23ClIN3O4S/c26-25(27,30-14-18(31)15-33-21-2-1-3-22-20(21)10-11-35-22)12-16-4-7-19(8-5-16)34-23-9-6-17(13-29-23)24(28)32/h1-11,13,18,30-31H,12,14-15H2,(H2,28,32)/q-1/t18-,25?/m0/s1. The van der Waals surface area contributed by atoms with Gasteiger partial charge in [0.2, 0.25) is 11.8 Å². The molecular weight excluding hydrogens is 601 g/mol. The normalized spacial score (nSPS) is 13.8. The fourth-order valence-electron chi connectivity index (χ4n) is 3.31. The predicted molar refractivity (Wildman–Crippen MR) is 133 cm³/mol. The molecule has 35 heavy (non-hydrogen) atoms. The van der Waals surface area contributed by atoms with Gasteiger partial charge in [-0.2, -0.15) is 0 Å². The number of benzene rings is 2. The summed E-state index contributed by atoms with van der Waals surface area (Å²) >= 11 is 10.4. The van der Waals surface area contributed by atoms with Crippen LogP contribution in [-0.2, 0) is 6.42 Å². The van der Waals surface area contributed by atoms with E-state index in [0.29, 0.717) is 23.6 Å². The number of rotatable bonds is 11. The summed E-state index contributed by atoms with van der Waals surface area (Å²) in [7, 11) is 0. The zero-order valence-electron chi connectivity index (χ0n) is 18.5. The summed E-state index contributed by atoms with van der Waals surface area (Å²) in [6.07, 6.45) is 1.17. The van der Waals surface area contributed by atoms with Gasteiger partial charge in [-0.1, -0.05) is 18.2 Å². The van der Waals surface area contributed by atoms with Crippen molar-refractivity contribution in [3.8, 4) is 17.4 Å². The van der Waals surface area contributed by atoms with Crippen molar-refractivity contribution >= 4 is 38.9 Å². The number of carbonyl (C=O) groups is 1. The monoisotopic (exact) mass is 623 g/mol. The molecule has 0 fully saturated rings. The summed E-state index contributed by atoms with van der Waals surface area (Å²) < 4.78 is 11.9. The fourth-order valence-corrected chi connectivity index (χ4v) is 5.00. The minimum Gasteiger partial charge on any atom is -0.755 e. The number of alkyl halides is 2. The van der Waals surface area contributed by atoms with Gasteiger partial charge < -0.3 is 48.2 Å². The van der Waals surface area contributed by atoms with Crippen molar-refractivity contribution in [2.24, 2.45) is 5.73 Å². The minimum absolute atomic E-state index is 0.159. The number of nitrogens with one attached hydrogen (secondary N) is 1. The second kappa shape index (κ2) is 11.5. The van der Waals surface area contributed by atoms with Crippen molar-refractivity contribution in [1.82, 2.24) is 10.3 Å². The van der Waals surface area contributed by atoms with Gasteiger partial charge in [-0.3, -0.25) is 4.79 Å². The summed E-state index contributed by atoms with van der Waals surface area (Å²) in [4.78, 5) is 15.2. The molecule has 2 heterocycles. The molecule has 0 bridgehead atoms. The van der Waals surface area contributed by atoms with E-state index < -0.39 is 15.0 Å². The van der Waals surface area contributed by atoms with Crippen molar-refractivity contribution in [2.75, 3.05) is 13.2 Å². The van der Waals surface area contributed by atoms with Crippen LogP contribution in [0.4, 0.5) is 0 Å². The highest BCUT2D eigenvalue weighted by molar-refractivity contribution is 7.17. The third kappa shape index (κ3) is 7.28. The van der Waals surface area contributed by atoms with Crippen LogP contribution in [0.5, 0.6) is 17.4 Å². The number of aromatic nitrogens is 1. The summed E-state index contributed by atoms with van der Waals surface area (Å²) in [5, 5.41) is 16.6. The van der Waals surface area contributed by atoms with E-state index in [1.165, 1.54) is 6.20 Å². The van der Waals surface area contributed by atoms with Crippen LogP contribution in [0, 0.1) is 0 Å². The van der Waals surface area contributed by atoms with Gasteiger partial charge >= 0.3 is 0 Å². The highest BCUT2D eigenvalue weighted by Gasteiger charge is 2.15. The van der Waals surface area contributed by atoms with E-state index in [9.17, 15) is 9.90 Å². The first-order valence-corrected chi connectivity index (χ1v) is 13.1. The zero-order chi connectivity index (χ0) is 24.8. The number of pyridine rings is 1. The molecule has 0 saturated carbocycles. The van der Waals surface area contributed by atoms with Crippen LogP contribution in [0.2, 0.25) is 0 Å². The largest absolute Gasteiger partial charge is 0.755 e. The first-order valence-electron chi connectivity index (χ1n) is 10.7. The topological polar surface area (TPSA) is 107 Å². The Balaban J connectivity index is 1.25. The molecule has 7 nitrogen and oxygen atoms in total. The van der Waals surface area contributed by atoms with Gasteiger partial charge in [-0.25, -0.2) is 4.98 Å². The van der Waals surface area contributed by atoms with Crippen molar-refractivity contribution in [3.05, 3.63) is 83.4 Å². The van der Waals surface area contributed by atoms with E-state index in [4.69, 9.17) is 26.8 Å². The Morgan fingerprint density at radius 1 is 1.20 bits per heavy atom. The van der Waals surface area contributed by atoms with Crippen LogP contribution in [0.3, 0.4) is 0 Å². The van der Waals surface area contributed by atoms with Gasteiger partial charge in [0.25, 0.3) is 0 Å². The van der Waals surface area contributed by atoms with E-state index >= 15 is 0 Å². The van der Waals surface area contributed by atoms with Crippen LogP contribution < -0.4 is 43.1 Å². The highest BCUT2D eigenvalue weighted by atomic mass is 127. The van der Waals surface area contributed by atoms with Crippen LogP contribution in [0.15, 0.2) is 72.2 Å². The Morgan fingerprint density at radius 2 is 2.00 bits per heavy atom. The van der Waals surface area contributed by atoms with Gasteiger partial charge in [0.15, 0.2) is 0 Å². The lowest BCUT2D eigenvalue weighted by Crippen LogP contribution is -3.44. The lowest BCUT2D eigenvalue weighted by molar-refractivity contribution is -0.452. The molecule has 0 aliphatic rings. The van der Waals surface area contributed by atoms with Crippen LogP contribution in [0.1, 0.15) is 15.9 Å². The smallest absolute Gasteiger partial charge is 0.250 e. The maximum absolute atomic E-state index is 11.1. The van der Waals surface area contributed by atoms with Crippen molar-refractivity contribution < 1.29 is 42.0 Å². The fraction of sp³-hybridized carbons (Fsp3) is 0.200. The SMILES string of the molecule is NC(=O)c1ccc(Oc2ccc(CC(Cl)([I-])NC[C@H](O)COc3cccc4sccc34)cc2)nc1. The first-order chi connectivity index (χ1) is 16.8. The molecule has 1 unspecified atom stereocenters. The number of nitrogens with zero attached hydrogens (tertiary/aromatic N) is 1. The molecule has 0 spiro atoms. The summed E-state index contributed by atoms with van der Waals surface area (Å²) in [6, 6.07) is 18.5. The Kier molecular flexibility index (Phi) is 8.45. The Labute approximate surface area is 225 Å².